The van der Waals surface area contributed by atoms with Crippen molar-refractivity contribution < 1.29 is 13.2 Å². The maximum absolute atomic E-state index is 13.8. The monoisotopic (exact) mass is 522 g/mol. The number of allylic oxidation sites excluding steroid dienone is 4. The van der Waals surface area contributed by atoms with Crippen LogP contribution in [0.5, 0.6) is 0 Å². The first-order valence-corrected chi connectivity index (χ1v) is 12.1. The Bertz CT molecular complexity index is 1510. The minimum Gasteiger partial charge on any atom is -0.378 e. The predicted molar refractivity (Wildman–Crippen MR) is 146 cm³/mol. The summed E-state index contributed by atoms with van der Waals surface area (Å²) in [5.74, 6) is 0.0791. The lowest BCUT2D eigenvalue weighted by Gasteiger charge is -2.21. The van der Waals surface area contributed by atoms with E-state index < -0.39 is 23.0 Å². The van der Waals surface area contributed by atoms with Crippen molar-refractivity contribution in [2.75, 3.05) is 24.3 Å². The van der Waals surface area contributed by atoms with E-state index in [-0.39, 0.29) is 30.2 Å². The average Bonchev–Trinajstić information content (AvgIpc) is 2.89. The van der Waals surface area contributed by atoms with Crippen molar-refractivity contribution in [3.05, 3.63) is 116 Å². The molecule has 0 fully saturated rings. The molecule has 9 heteroatoms. The molecule has 3 aromatic rings. The fourth-order valence-corrected chi connectivity index (χ4v) is 4.28. The first-order chi connectivity index (χ1) is 18.1. The smallest absolute Gasteiger partial charge is 0.378 e. The van der Waals surface area contributed by atoms with Gasteiger partial charge in [-0.2, -0.15) is 13.2 Å². The van der Waals surface area contributed by atoms with Crippen LogP contribution >= 0.6 is 0 Å². The van der Waals surface area contributed by atoms with Gasteiger partial charge in [-0.05, 0) is 54.3 Å². The van der Waals surface area contributed by atoms with Crippen LogP contribution in [0.3, 0.4) is 0 Å². The van der Waals surface area contributed by atoms with Crippen LogP contribution in [0.4, 0.5) is 30.4 Å². The van der Waals surface area contributed by atoms with Gasteiger partial charge in [-0.1, -0.05) is 49.1 Å². The van der Waals surface area contributed by atoms with Gasteiger partial charge in [0.1, 0.15) is 5.82 Å². The molecule has 0 aliphatic heterocycles. The third kappa shape index (κ3) is 5.82. The Morgan fingerprint density at radius 1 is 1.03 bits per heavy atom. The maximum atomic E-state index is 13.8. The second kappa shape index (κ2) is 11.0. The van der Waals surface area contributed by atoms with Crippen LogP contribution in [0, 0.1) is 0 Å². The summed E-state index contributed by atoms with van der Waals surface area (Å²) in [4.78, 5) is 29.2. The van der Waals surface area contributed by atoms with Gasteiger partial charge in [0.15, 0.2) is 0 Å². The van der Waals surface area contributed by atoms with Gasteiger partial charge in [0, 0.05) is 25.5 Å². The van der Waals surface area contributed by atoms with Gasteiger partial charge in [-0.3, -0.25) is 13.9 Å². The van der Waals surface area contributed by atoms with Gasteiger partial charge in [0.05, 0.1) is 24.2 Å². The lowest BCUT2D eigenvalue weighted by molar-refractivity contribution is -0.137. The molecular formula is C29H29F3N4O2. The van der Waals surface area contributed by atoms with Gasteiger partial charge in [0.2, 0.25) is 0 Å². The molecule has 1 heterocycles. The molecule has 0 saturated heterocycles. The number of benzene rings is 2. The van der Waals surface area contributed by atoms with Crippen LogP contribution in [0.1, 0.15) is 29.5 Å². The Labute approximate surface area is 218 Å². The number of rotatable bonds is 8. The van der Waals surface area contributed by atoms with Crippen molar-refractivity contribution in [2.24, 2.45) is 0 Å². The summed E-state index contributed by atoms with van der Waals surface area (Å²) >= 11 is 0. The molecule has 1 aliphatic rings. The fraction of sp³-hybridized carbons (Fsp3) is 0.241. The van der Waals surface area contributed by atoms with Crippen molar-refractivity contribution in [1.82, 2.24) is 9.13 Å². The van der Waals surface area contributed by atoms with Crippen molar-refractivity contribution in [1.29, 1.82) is 0 Å². The highest BCUT2D eigenvalue weighted by Crippen LogP contribution is 2.32. The number of hydrogen-bond donors (Lipinski definition) is 1. The summed E-state index contributed by atoms with van der Waals surface area (Å²) in [6.45, 7) is 3.93. The normalized spacial score (nSPS) is 13.2. The quantitative estimate of drug-likeness (QED) is 0.406. The summed E-state index contributed by atoms with van der Waals surface area (Å²) in [7, 11) is 3.83. The fourth-order valence-electron chi connectivity index (χ4n) is 4.28. The second-order valence-corrected chi connectivity index (χ2v) is 9.25. The molecule has 2 aromatic carbocycles. The van der Waals surface area contributed by atoms with E-state index in [1.807, 2.05) is 61.5 Å². The van der Waals surface area contributed by atoms with Gasteiger partial charge in [-0.15, -0.1) is 0 Å². The van der Waals surface area contributed by atoms with Crippen molar-refractivity contribution in [3.8, 4) is 0 Å². The molecule has 0 saturated carbocycles. The Morgan fingerprint density at radius 2 is 1.76 bits per heavy atom. The first-order valence-electron chi connectivity index (χ1n) is 12.1. The highest BCUT2D eigenvalue weighted by Gasteiger charge is 2.30. The van der Waals surface area contributed by atoms with E-state index in [1.54, 1.807) is 0 Å². The third-order valence-electron chi connectivity index (χ3n) is 6.33. The molecule has 38 heavy (non-hydrogen) atoms. The van der Waals surface area contributed by atoms with Crippen LogP contribution < -0.4 is 21.5 Å². The SMILES string of the molecule is C=Cc1c(Nc2cccc(C(F)(F)F)c2)n(Cc2ccc(N(C)C)cc2)c(=O)n(CC2=CCCC=C2)c1=O. The van der Waals surface area contributed by atoms with Crippen LogP contribution in [0.25, 0.3) is 6.08 Å². The molecule has 4 rings (SSSR count). The van der Waals surface area contributed by atoms with Crippen molar-refractivity contribution >= 4 is 23.3 Å². The zero-order valence-electron chi connectivity index (χ0n) is 21.3. The number of aromatic nitrogens is 2. The molecule has 0 atom stereocenters. The van der Waals surface area contributed by atoms with E-state index in [9.17, 15) is 22.8 Å². The molecule has 0 bridgehead atoms. The Balaban J connectivity index is 1.86. The van der Waals surface area contributed by atoms with Crippen LogP contribution in [0.2, 0.25) is 0 Å². The zero-order valence-corrected chi connectivity index (χ0v) is 21.3. The van der Waals surface area contributed by atoms with Gasteiger partial charge in [0.25, 0.3) is 5.56 Å². The third-order valence-corrected chi connectivity index (χ3v) is 6.33. The van der Waals surface area contributed by atoms with Gasteiger partial charge >= 0.3 is 11.9 Å². The Morgan fingerprint density at radius 3 is 2.37 bits per heavy atom. The molecule has 1 aliphatic carbocycles. The molecule has 0 radical (unpaired) electrons. The molecule has 6 nitrogen and oxygen atoms in total. The second-order valence-electron chi connectivity index (χ2n) is 9.25. The van der Waals surface area contributed by atoms with E-state index in [0.717, 1.165) is 46.4 Å². The topological polar surface area (TPSA) is 59.3 Å². The molecule has 0 amide bonds. The number of nitrogens with zero attached hydrogens (tertiary/aromatic N) is 3. The van der Waals surface area contributed by atoms with Gasteiger partial charge in [-0.25, -0.2) is 4.79 Å². The van der Waals surface area contributed by atoms with E-state index >= 15 is 0 Å². The van der Waals surface area contributed by atoms with E-state index in [0.29, 0.717) is 0 Å². The summed E-state index contributed by atoms with van der Waals surface area (Å²) in [5.41, 5.74) is 0.774. The Hall–Kier alpha value is -4.27. The molecule has 0 spiro atoms. The molecule has 0 unspecified atom stereocenters. The standard InChI is InChI=1S/C29H29F3N4O2/c1-4-25-26(33-23-12-8-11-22(17-23)29(30,31)32)35(18-21-13-15-24(16-14-21)34(2)3)28(38)36(27(25)37)19-20-9-6-5-7-10-20/h4,6,8-17,33H,1,5,7,18-19H2,2-3H3. The van der Waals surface area contributed by atoms with E-state index in [2.05, 4.69) is 11.9 Å². The van der Waals surface area contributed by atoms with Crippen LogP contribution in [-0.4, -0.2) is 23.2 Å². The minimum absolute atomic E-state index is 0.0791. The highest BCUT2D eigenvalue weighted by atomic mass is 19.4. The van der Waals surface area contributed by atoms with Crippen molar-refractivity contribution in [3.63, 3.8) is 0 Å². The van der Waals surface area contributed by atoms with E-state index in [1.165, 1.54) is 22.8 Å². The minimum atomic E-state index is -4.54. The zero-order chi connectivity index (χ0) is 27.4. The number of nitrogens with one attached hydrogen (secondary N) is 1. The summed E-state index contributed by atoms with van der Waals surface area (Å²) in [6, 6.07) is 12.2. The Kier molecular flexibility index (Phi) is 7.75. The van der Waals surface area contributed by atoms with Crippen LogP contribution in [0.15, 0.2) is 88.5 Å². The lowest BCUT2D eigenvalue weighted by Crippen LogP contribution is -2.42. The molecular weight excluding hydrogens is 493 g/mol. The summed E-state index contributed by atoms with van der Waals surface area (Å²) in [5, 5.41) is 2.91. The number of hydrogen-bond acceptors (Lipinski definition) is 4. The highest BCUT2D eigenvalue weighted by molar-refractivity contribution is 5.68. The summed E-state index contributed by atoms with van der Waals surface area (Å²) in [6.07, 6.45) is 4.35. The van der Waals surface area contributed by atoms with E-state index in [4.69, 9.17) is 0 Å². The van der Waals surface area contributed by atoms with Gasteiger partial charge < -0.3 is 10.2 Å². The molecule has 1 N–H and O–H groups in total. The van der Waals surface area contributed by atoms with Crippen molar-refractivity contribution in [2.45, 2.75) is 32.1 Å². The average molecular weight is 523 g/mol. The number of anilines is 3. The maximum Gasteiger partial charge on any atom is 0.416 e. The summed E-state index contributed by atoms with van der Waals surface area (Å²) < 4.78 is 42.6. The lowest BCUT2D eigenvalue weighted by atomic mass is 10.1. The van der Waals surface area contributed by atoms with Crippen LogP contribution in [-0.2, 0) is 19.3 Å². The number of alkyl halides is 3. The first kappa shape index (κ1) is 26.8. The molecule has 1 aromatic heterocycles. The number of halogens is 3. The largest absolute Gasteiger partial charge is 0.416 e. The predicted octanol–water partition coefficient (Wildman–Crippen LogP) is 5.81. The molecule has 198 valence electrons.